The molecule has 1 aromatic heterocycles. The molecule has 0 aliphatic heterocycles. The van der Waals surface area contributed by atoms with Crippen LogP contribution in [0.3, 0.4) is 0 Å². The summed E-state index contributed by atoms with van der Waals surface area (Å²) in [4.78, 5) is 0. The zero-order chi connectivity index (χ0) is 20.2. The van der Waals surface area contributed by atoms with Crippen molar-refractivity contribution in [1.29, 1.82) is 0 Å². The minimum atomic E-state index is -0.826. The van der Waals surface area contributed by atoms with Gasteiger partial charge in [0.15, 0.2) is 0 Å². The third kappa shape index (κ3) is 4.36. The molecule has 0 fully saturated rings. The second-order valence-electron chi connectivity index (χ2n) is 7.21. The van der Waals surface area contributed by atoms with Crippen LogP contribution in [0.25, 0.3) is 28.1 Å². The Morgan fingerprint density at radius 1 is 1.07 bits per heavy atom. The van der Waals surface area contributed by atoms with Crippen molar-refractivity contribution in [2.75, 3.05) is 0 Å². The van der Waals surface area contributed by atoms with Crippen molar-refractivity contribution in [3.8, 4) is 11.1 Å². The number of hydrogen-bond donors (Lipinski definition) is 0. The minimum Gasteiger partial charge on any atom is -0.179 e. The predicted octanol–water partition coefficient (Wildman–Crippen LogP) is 7.29. The SMILES string of the molecule is Cn1ccc2c3c([cH-]c21)C=CCC3.[Cl][Zr+2][Cl].[c-]1cccc2c1Cc1ccccc1-2. The normalized spacial score (nSPS) is 12.7. The fourth-order valence-electron chi connectivity index (χ4n) is 4.23. The fourth-order valence-corrected chi connectivity index (χ4v) is 4.23. The Bertz CT molecular complexity index is 1110. The van der Waals surface area contributed by atoms with E-state index in [1.165, 1.54) is 57.1 Å². The maximum atomic E-state index is 4.93. The summed E-state index contributed by atoms with van der Waals surface area (Å²) in [6, 6.07) is 22.6. The Hall–Kier alpha value is -1.47. The summed E-state index contributed by atoms with van der Waals surface area (Å²) >= 11 is -0.826. The molecule has 0 radical (unpaired) electrons. The summed E-state index contributed by atoms with van der Waals surface area (Å²) in [7, 11) is 12.0. The molecule has 0 N–H and O–H groups in total. The van der Waals surface area contributed by atoms with Crippen molar-refractivity contribution in [2.45, 2.75) is 19.3 Å². The first kappa shape index (κ1) is 20.8. The summed E-state index contributed by atoms with van der Waals surface area (Å²) in [6.07, 6.45) is 10.1. The van der Waals surface area contributed by atoms with Gasteiger partial charge in [0.2, 0.25) is 0 Å². The molecular formula is C25H21Cl2NZr. The maximum absolute atomic E-state index is 4.93. The van der Waals surface area contributed by atoms with E-state index in [4.69, 9.17) is 17.0 Å². The predicted molar refractivity (Wildman–Crippen MR) is 121 cm³/mol. The molecule has 0 spiro atoms. The van der Waals surface area contributed by atoms with Crippen LogP contribution >= 0.6 is 17.0 Å². The molecule has 1 heterocycles. The van der Waals surface area contributed by atoms with Crippen molar-refractivity contribution in [3.05, 3.63) is 95.2 Å². The Morgan fingerprint density at radius 3 is 2.72 bits per heavy atom. The van der Waals surface area contributed by atoms with Gasteiger partial charge in [0.25, 0.3) is 0 Å². The quantitative estimate of drug-likeness (QED) is 0.198. The number of allylic oxidation sites excluding steroid dienone is 1. The van der Waals surface area contributed by atoms with Gasteiger partial charge in [0.05, 0.1) is 0 Å². The standard InChI is InChI=1S/C13H9.C12H12N.2ClH.Zr/c1-3-7-12-10(5-1)9-11-6-2-4-8-13(11)12;1-13-7-6-11-10-5-3-2-4-9(10)8-12(11)13;;;/h1-5,7-8H,9H2;2,4,6-8H,3,5H2,1H3;2*1H;/q2*-1;;;+4/p-2. The number of benzene rings is 2. The average Bonchev–Trinajstić information content (AvgIpc) is 3.42. The van der Waals surface area contributed by atoms with E-state index in [9.17, 15) is 0 Å². The molecule has 4 aromatic rings. The Balaban J connectivity index is 0.000000125. The van der Waals surface area contributed by atoms with Crippen LogP contribution in [0.15, 0.2) is 66.9 Å². The van der Waals surface area contributed by atoms with E-state index in [1.807, 2.05) is 6.07 Å². The van der Waals surface area contributed by atoms with Crippen LogP contribution in [0, 0.1) is 6.07 Å². The topological polar surface area (TPSA) is 4.93 Å². The van der Waals surface area contributed by atoms with Crippen LogP contribution in [0.2, 0.25) is 0 Å². The van der Waals surface area contributed by atoms with Crippen molar-refractivity contribution in [3.63, 3.8) is 0 Å². The monoisotopic (exact) mass is 495 g/mol. The molecule has 144 valence electrons. The zero-order valence-corrected chi connectivity index (χ0v) is 20.2. The van der Waals surface area contributed by atoms with Gasteiger partial charge in [-0.15, -0.1) is 29.2 Å². The van der Waals surface area contributed by atoms with E-state index < -0.39 is 20.8 Å². The maximum Gasteiger partial charge on any atom is -0.0253 e. The van der Waals surface area contributed by atoms with Crippen LogP contribution in [-0.4, -0.2) is 4.57 Å². The number of nitrogens with zero attached hydrogens (tertiary/aromatic N) is 1. The number of rotatable bonds is 0. The molecular weight excluding hydrogens is 476 g/mol. The van der Waals surface area contributed by atoms with Gasteiger partial charge in [0, 0.05) is 7.05 Å². The number of fused-ring (bicyclic) bond motifs is 6. The van der Waals surface area contributed by atoms with Crippen LogP contribution < -0.4 is 0 Å². The number of aryl methyl sites for hydroxylation is 2. The molecule has 0 saturated carbocycles. The van der Waals surface area contributed by atoms with E-state index in [2.05, 4.69) is 84.6 Å². The summed E-state index contributed by atoms with van der Waals surface area (Å²) < 4.78 is 2.20. The van der Waals surface area contributed by atoms with Gasteiger partial charge in [-0.05, 0) is 24.6 Å². The minimum absolute atomic E-state index is 0.826. The van der Waals surface area contributed by atoms with Crippen molar-refractivity contribution < 1.29 is 20.8 Å². The molecule has 2 aliphatic rings. The fraction of sp³-hybridized carbons (Fsp3) is 0.160. The second kappa shape index (κ2) is 9.56. The van der Waals surface area contributed by atoms with E-state index in [0.717, 1.165) is 6.42 Å². The molecule has 6 rings (SSSR count). The number of hydrogen-bond acceptors (Lipinski definition) is 0. The Morgan fingerprint density at radius 2 is 1.86 bits per heavy atom. The summed E-state index contributed by atoms with van der Waals surface area (Å²) in [6.45, 7) is 0. The van der Waals surface area contributed by atoms with Crippen LogP contribution in [0.5, 0.6) is 0 Å². The largest absolute Gasteiger partial charge is 0.179 e. The summed E-state index contributed by atoms with van der Waals surface area (Å²) in [5.74, 6) is 0. The van der Waals surface area contributed by atoms with E-state index in [0.29, 0.717) is 0 Å². The average molecular weight is 498 g/mol. The smallest absolute Gasteiger partial charge is 0.0253 e. The van der Waals surface area contributed by atoms with Gasteiger partial charge in [-0.3, -0.25) is 0 Å². The van der Waals surface area contributed by atoms with Crippen molar-refractivity contribution in [1.82, 2.24) is 4.57 Å². The number of halogens is 2. The summed E-state index contributed by atoms with van der Waals surface area (Å²) in [5, 5.41) is 1.45. The van der Waals surface area contributed by atoms with Gasteiger partial charge >= 0.3 is 37.9 Å². The van der Waals surface area contributed by atoms with Crippen LogP contribution in [0.1, 0.15) is 28.7 Å². The van der Waals surface area contributed by atoms with Gasteiger partial charge in [-0.25, -0.2) is 0 Å². The van der Waals surface area contributed by atoms with E-state index in [-0.39, 0.29) is 0 Å². The van der Waals surface area contributed by atoms with Gasteiger partial charge in [-0.2, -0.15) is 41.0 Å². The molecule has 0 saturated heterocycles. The van der Waals surface area contributed by atoms with E-state index in [1.54, 1.807) is 0 Å². The molecule has 1 nitrogen and oxygen atoms in total. The first-order valence-electron chi connectivity index (χ1n) is 9.67. The molecule has 0 amide bonds. The third-order valence-electron chi connectivity index (χ3n) is 5.56. The van der Waals surface area contributed by atoms with Crippen LogP contribution in [-0.2, 0) is 40.7 Å². The molecule has 0 atom stereocenters. The van der Waals surface area contributed by atoms with Crippen molar-refractivity contribution >= 4 is 34.0 Å². The van der Waals surface area contributed by atoms with Gasteiger partial charge in [-0.1, -0.05) is 47.9 Å². The molecule has 3 aromatic carbocycles. The van der Waals surface area contributed by atoms with E-state index >= 15 is 0 Å². The first-order chi connectivity index (χ1) is 14.2. The van der Waals surface area contributed by atoms with Crippen LogP contribution in [0.4, 0.5) is 0 Å². The zero-order valence-electron chi connectivity index (χ0n) is 16.3. The molecule has 0 unspecified atom stereocenters. The summed E-state index contributed by atoms with van der Waals surface area (Å²) in [5.41, 5.74) is 9.85. The third-order valence-corrected chi connectivity index (χ3v) is 5.56. The number of aromatic nitrogens is 1. The molecule has 0 bridgehead atoms. The van der Waals surface area contributed by atoms with Crippen molar-refractivity contribution in [2.24, 2.45) is 7.05 Å². The van der Waals surface area contributed by atoms with Gasteiger partial charge < -0.3 is 4.57 Å². The molecule has 29 heavy (non-hydrogen) atoms. The molecule has 2 aliphatic carbocycles. The Kier molecular flexibility index (Phi) is 6.86. The first-order valence-corrected chi connectivity index (χ1v) is 16.0. The second-order valence-corrected chi connectivity index (χ2v) is 10.9. The molecule has 4 heteroatoms. The van der Waals surface area contributed by atoms with Gasteiger partial charge in [0.1, 0.15) is 0 Å². The Labute approximate surface area is 191 Å².